The topological polar surface area (TPSA) is 64.1 Å². The lowest BCUT2D eigenvalue weighted by Crippen LogP contribution is -2.40. The van der Waals surface area contributed by atoms with Crippen LogP contribution in [-0.2, 0) is 9.47 Å². The highest BCUT2D eigenvalue weighted by Crippen LogP contribution is 2.10. The molecule has 0 spiro atoms. The van der Waals surface area contributed by atoms with Crippen molar-refractivity contribution in [2.24, 2.45) is 4.99 Å². The third-order valence-electron chi connectivity index (χ3n) is 2.88. The molecule has 132 valence electrons. The molecule has 2 N–H and O–H groups in total. The Morgan fingerprint density at radius 3 is 2.26 bits per heavy atom. The number of rotatable bonds is 10. The van der Waals surface area contributed by atoms with E-state index in [1.807, 2.05) is 24.3 Å². The molecular weight excluding hydrogens is 409 g/mol. The molecule has 0 aliphatic rings. The zero-order valence-electron chi connectivity index (χ0n) is 14.1. The van der Waals surface area contributed by atoms with Gasteiger partial charge in [0.2, 0.25) is 0 Å². The zero-order valence-corrected chi connectivity index (χ0v) is 16.5. The van der Waals surface area contributed by atoms with E-state index in [0.717, 1.165) is 11.7 Å². The fraction of sp³-hybridized carbons (Fsp3) is 0.562. The Morgan fingerprint density at radius 2 is 1.65 bits per heavy atom. The highest BCUT2D eigenvalue weighted by molar-refractivity contribution is 14.0. The number of halogens is 1. The van der Waals surface area contributed by atoms with E-state index in [4.69, 9.17) is 14.2 Å². The molecule has 7 heteroatoms. The number of benzene rings is 1. The van der Waals surface area contributed by atoms with Crippen LogP contribution in [0, 0.1) is 6.92 Å². The maximum absolute atomic E-state index is 5.64. The lowest BCUT2D eigenvalue weighted by atomic mass is 10.2. The van der Waals surface area contributed by atoms with E-state index < -0.39 is 0 Å². The Hall–Kier alpha value is -1.06. The first-order valence-corrected chi connectivity index (χ1v) is 7.47. The number of nitrogens with zero attached hydrogens (tertiary/aromatic N) is 1. The predicted molar refractivity (Wildman–Crippen MR) is 104 cm³/mol. The molecule has 0 saturated carbocycles. The molecule has 0 unspecified atom stereocenters. The summed E-state index contributed by atoms with van der Waals surface area (Å²) in [5.74, 6) is 1.62. The minimum Gasteiger partial charge on any atom is -0.492 e. The molecule has 1 aromatic carbocycles. The van der Waals surface area contributed by atoms with Gasteiger partial charge in [0.15, 0.2) is 5.96 Å². The molecular formula is C16H28IN3O3. The van der Waals surface area contributed by atoms with Crippen molar-refractivity contribution in [3.8, 4) is 5.75 Å². The molecule has 1 rings (SSSR count). The highest BCUT2D eigenvalue weighted by atomic mass is 127. The van der Waals surface area contributed by atoms with Gasteiger partial charge in [0.1, 0.15) is 12.4 Å². The highest BCUT2D eigenvalue weighted by Gasteiger charge is 1.97. The van der Waals surface area contributed by atoms with Crippen LogP contribution in [0.3, 0.4) is 0 Å². The summed E-state index contributed by atoms with van der Waals surface area (Å²) in [5, 5.41) is 6.36. The van der Waals surface area contributed by atoms with Crippen molar-refractivity contribution < 1.29 is 14.2 Å². The van der Waals surface area contributed by atoms with Gasteiger partial charge in [0.05, 0.1) is 26.4 Å². The van der Waals surface area contributed by atoms with Crippen molar-refractivity contribution in [2.45, 2.75) is 6.92 Å². The minimum atomic E-state index is 0. The minimum absolute atomic E-state index is 0. The normalized spacial score (nSPS) is 10.8. The average Bonchev–Trinajstić information content (AvgIpc) is 2.54. The monoisotopic (exact) mass is 437 g/mol. The standard InChI is InChI=1S/C16H27N3O3.HI/c1-14-4-6-15(7-5-14)22-11-9-19-16(17-2)18-8-10-21-13-12-20-3;/h4-7H,8-13H2,1-3H3,(H2,17,18,19);1H. The van der Waals surface area contributed by atoms with Gasteiger partial charge in [-0.25, -0.2) is 0 Å². The molecule has 0 fully saturated rings. The number of methoxy groups -OCH3 is 1. The maximum Gasteiger partial charge on any atom is 0.191 e. The van der Waals surface area contributed by atoms with E-state index in [9.17, 15) is 0 Å². The number of nitrogens with one attached hydrogen (secondary N) is 2. The van der Waals surface area contributed by atoms with Crippen LogP contribution < -0.4 is 15.4 Å². The van der Waals surface area contributed by atoms with Crippen molar-refractivity contribution >= 4 is 29.9 Å². The molecule has 0 bridgehead atoms. The van der Waals surface area contributed by atoms with Crippen molar-refractivity contribution in [2.75, 3.05) is 53.7 Å². The van der Waals surface area contributed by atoms with Gasteiger partial charge in [0, 0.05) is 20.7 Å². The largest absolute Gasteiger partial charge is 0.492 e. The molecule has 0 heterocycles. The molecule has 0 aliphatic carbocycles. The van der Waals surface area contributed by atoms with E-state index in [-0.39, 0.29) is 24.0 Å². The first-order chi connectivity index (χ1) is 10.8. The van der Waals surface area contributed by atoms with E-state index in [2.05, 4.69) is 22.5 Å². The van der Waals surface area contributed by atoms with Crippen LogP contribution in [0.25, 0.3) is 0 Å². The van der Waals surface area contributed by atoms with Gasteiger partial charge >= 0.3 is 0 Å². The Bertz CT molecular complexity index is 427. The summed E-state index contributed by atoms with van der Waals surface area (Å²) in [6.07, 6.45) is 0. The second kappa shape index (κ2) is 14.5. The van der Waals surface area contributed by atoms with Gasteiger partial charge in [-0.2, -0.15) is 0 Å². The molecule has 0 aromatic heterocycles. The molecule has 0 atom stereocenters. The third kappa shape index (κ3) is 11.2. The summed E-state index contributed by atoms with van der Waals surface area (Å²) in [5.41, 5.74) is 1.22. The Kier molecular flexibility index (Phi) is 13.9. The summed E-state index contributed by atoms with van der Waals surface area (Å²) in [4.78, 5) is 4.14. The number of aryl methyl sites for hydroxylation is 1. The number of hydrogen-bond donors (Lipinski definition) is 2. The van der Waals surface area contributed by atoms with Crippen molar-refractivity contribution in [1.82, 2.24) is 10.6 Å². The van der Waals surface area contributed by atoms with Crippen molar-refractivity contribution in [3.05, 3.63) is 29.8 Å². The predicted octanol–water partition coefficient (Wildman–Crippen LogP) is 1.82. The summed E-state index contributed by atoms with van der Waals surface area (Å²) in [6.45, 7) is 5.84. The number of guanidine groups is 1. The Morgan fingerprint density at radius 1 is 1.00 bits per heavy atom. The van der Waals surface area contributed by atoms with E-state index >= 15 is 0 Å². The smallest absolute Gasteiger partial charge is 0.191 e. The number of ether oxygens (including phenoxy) is 3. The van der Waals surface area contributed by atoms with Crippen LogP contribution in [0.5, 0.6) is 5.75 Å². The van der Waals surface area contributed by atoms with Crippen molar-refractivity contribution in [3.63, 3.8) is 0 Å². The first kappa shape index (κ1) is 21.9. The molecule has 1 aromatic rings. The van der Waals surface area contributed by atoms with Crippen LogP contribution in [0.15, 0.2) is 29.3 Å². The van der Waals surface area contributed by atoms with E-state index in [1.54, 1.807) is 14.2 Å². The summed E-state index contributed by atoms with van der Waals surface area (Å²) in [7, 11) is 3.40. The van der Waals surface area contributed by atoms with Gasteiger partial charge in [-0.15, -0.1) is 24.0 Å². The van der Waals surface area contributed by atoms with Crippen LogP contribution >= 0.6 is 24.0 Å². The molecule has 23 heavy (non-hydrogen) atoms. The SMILES string of the molecule is CN=C(NCCOCCOC)NCCOc1ccc(C)cc1.I. The first-order valence-electron chi connectivity index (χ1n) is 7.47. The lowest BCUT2D eigenvalue weighted by molar-refractivity contribution is 0.0733. The number of aliphatic imine (C=N–C) groups is 1. The second-order valence-electron chi connectivity index (χ2n) is 4.69. The average molecular weight is 437 g/mol. The molecule has 0 saturated heterocycles. The molecule has 6 nitrogen and oxygen atoms in total. The zero-order chi connectivity index (χ0) is 16.0. The van der Waals surface area contributed by atoms with Gasteiger partial charge in [0.25, 0.3) is 0 Å². The fourth-order valence-corrected chi connectivity index (χ4v) is 1.68. The third-order valence-corrected chi connectivity index (χ3v) is 2.88. The maximum atomic E-state index is 5.64. The molecule has 0 amide bonds. The summed E-state index contributed by atoms with van der Waals surface area (Å²) >= 11 is 0. The van der Waals surface area contributed by atoms with Crippen molar-refractivity contribution in [1.29, 1.82) is 0 Å². The molecule has 0 radical (unpaired) electrons. The van der Waals surface area contributed by atoms with Crippen LogP contribution in [0.1, 0.15) is 5.56 Å². The van der Waals surface area contributed by atoms with Gasteiger partial charge in [-0.05, 0) is 19.1 Å². The lowest BCUT2D eigenvalue weighted by Gasteiger charge is -2.12. The summed E-state index contributed by atoms with van der Waals surface area (Å²) < 4.78 is 15.9. The summed E-state index contributed by atoms with van der Waals surface area (Å²) in [6, 6.07) is 8.01. The van der Waals surface area contributed by atoms with Gasteiger partial charge < -0.3 is 24.8 Å². The van der Waals surface area contributed by atoms with E-state index in [0.29, 0.717) is 39.5 Å². The van der Waals surface area contributed by atoms with Crippen LogP contribution in [0.4, 0.5) is 0 Å². The second-order valence-corrected chi connectivity index (χ2v) is 4.69. The van der Waals surface area contributed by atoms with Crippen LogP contribution in [0.2, 0.25) is 0 Å². The quantitative estimate of drug-likeness (QED) is 0.253. The van der Waals surface area contributed by atoms with Gasteiger partial charge in [-0.1, -0.05) is 17.7 Å². The number of hydrogen-bond acceptors (Lipinski definition) is 4. The van der Waals surface area contributed by atoms with E-state index in [1.165, 1.54) is 5.56 Å². The molecule has 0 aliphatic heterocycles. The Labute approximate surface area is 156 Å². The Balaban J connectivity index is 0.00000484. The van der Waals surface area contributed by atoms with Gasteiger partial charge in [-0.3, -0.25) is 4.99 Å². The van der Waals surface area contributed by atoms with Crippen LogP contribution in [-0.4, -0.2) is 59.6 Å². The fourth-order valence-electron chi connectivity index (χ4n) is 1.68.